The molecular formula is C33H44N6O7. The molecular weight excluding hydrogens is 592 g/mol. The summed E-state index contributed by atoms with van der Waals surface area (Å²) >= 11 is 0. The first-order valence-electron chi connectivity index (χ1n) is 14.8. The average Bonchev–Trinajstić information content (AvgIpc) is 3.00. The summed E-state index contributed by atoms with van der Waals surface area (Å²) in [5, 5.41) is 6.39. The number of amides is 2. The van der Waals surface area contributed by atoms with E-state index in [-0.39, 0.29) is 29.7 Å². The highest BCUT2D eigenvalue weighted by molar-refractivity contribution is 5.96. The summed E-state index contributed by atoms with van der Waals surface area (Å²) in [6.07, 6.45) is 4.91. The van der Waals surface area contributed by atoms with E-state index in [9.17, 15) is 14.4 Å². The van der Waals surface area contributed by atoms with Crippen LogP contribution in [0.2, 0.25) is 0 Å². The van der Waals surface area contributed by atoms with Crippen LogP contribution >= 0.6 is 0 Å². The van der Waals surface area contributed by atoms with Crippen LogP contribution in [0.1, 0.15) is 54.3 Å². The lowest BCUT2D eigenvalue weighted by Gasteiger charge is -2.31. The van der Waals surface area contributed by atoms with E-state index >= 15 is 0 Å². The number of likely N-dealkylation sites (tertiary alicyclic amines) is 1. The Morgan fingerprint density at radius 1 is 0.935 bits per heavy atom. The molecule has 0 aromatic heterocycles. The van der Waals surface area contributed by atoms with Gasteiger partial charge in [0.25, 0.3) is 0 Å². The SMILES string of the molecule is COC(=O)c1cc(N)c(NC/C=C/CNc2c(N)cc(C(N)=O)cc2OCC#CC2CCN(C(=O)OC(C)(C)C)CC2)c(OC)c1. The van der Waals surface area contributed by atoms with E-state index < -0.39 is 17.5 Å². The molecule has 1 aliphatic rings. The molecule has 2 amide bonds. The van der Waals surface area contributed by atoms with Gasteiger partial charge in [-0.05, 0) is 57.9 Å². The van der Waals surface area contributed by atoms with E-state index in [0.717, 1.165) is 12.8 Å². The Labute approximate surface area is 269 Å². The van der Waals surface area contributed by atoms with Crippen LogP contribution in [0.4, 0.5) is 27.5 Å². The van der Waals surface area contributed by atoms with Gasteiger partial charge in [-0.15, -0.1) is 0 Å². The number of benzene rings is 2. The Bertz CT molecular complexity index is 1500. The number of carbonyl (C=O) groups is 3. The Morgan fingerprint density at radius 2 is 1.50 bits per heavy atom. The lowest BCUT2D eigenvalue weighted by molar-refractivity contribution is 0.0199. The largest absolute Gasteiger partial charge is 0.494 e. The van der Waals surface area contributed by atoms with Crippen molar-refractivity contribution >= 4 is 40.7 Å². The number of nitrogens with two attached hydrogens (primary N) is 3. The molecule has 2 aromatic carbocycles. The Hall–Kier alpha value is -5.25. The maximum Gasteiger partial charge on any atom is 0.410 e. The van der Waals surface area contributed by atoms with Crippen LogP contribution in [0.3, 0.4) is 0 Å². The molecule has 0 atom stereocenters. The van der Waals surface area contributed by atoms with E-state index in [4.69, 9.17) is 36.1 Å². The van der Waals surface area contributed by atoms with Crippen molar-refractivity contribution in [2.24, 2.45) is 11.7 Å². The number of piperidine rings is 1. The third-order valence-electron chi connectivity index (χ3n) is 6.90. The summed E-state index contributed by atoms with van der Waals surface area (Å²) in [5.74, 6) is 6.00. The van der Waals surface area contributed by atoms with E-state index in [2.05, 4.69) is 22.5 Å². The number of carbonyl (C=O) groups excluding carboxylic acids is 3. The van der Waals surface area contributed by atoms with Gasteiger partial charge in [-0.2, -0.15) is 0 Å². The Balaban J connectivity index is 1.57. The number of primary amides is 1. The molecule has 0 saturated carbocycles. The molecule has 0 aliphatic carbocycles. The molecule has 8 N–H and O–H groups in total. The molecule has 1 heterocycles. The zero-order valence-electron chi connectivity index (χ0n) is 27.0. The van der Waals surface area contributed by atoms with E-state index in [1.807, 2.05) is 32.9 Å². The molecule has 0 unspecified atom stereocenters. The third-order valence-corrected chi connectivity index (χ3v) is 6.90. The van der Waals surface area contributed by atoms with Crippen molar-refractivity contribution in [3.63, 3.8) is 0 Å². The summed E-state index contributed by atoms with van der Waals surface area (Å²) in [4.78, 5) is 37.7. The minimum Gasteiger partial charge on any atom is -0.494 e. The second kappa shape index (κ2) is 16.2. The van der Waals surface area contributed by atoms with Gasteiger partial charge in [0, 0.05) is 37.7 Å². The number of rotatable bonds is 11. The van der Waals surface area contributed by atoms with Crippen LogP contribution in [0.25, 0.3) is 0 Å². The topological polar surface area (TPSA) is 193 Å². The number of nitrogen functional groups attached to an aromatic ring is 2. The summed E-state index contributed by atoms with van der Waals surface area (Å²) < 4.78 is 21.5. The number of nitrogens with one attached hydrogen (secondary N) is 2. The van der Waals surface area contributed by atoms with Crippen molar-refractivity contribution in [3.8, 4) is 23.3 Å². The van der Waals surface area contributed by atoms with Gasteiger partial charge in [-0.3, -0.25) is 4.79 Å². The number of anilines is 4. The van der Waals surface area contributed by atoms with E-state index in [0.29, 0.717) is 60.4 Å². The third kappa shape index (κ3) is 10.2. The first kappa shape index (κ1) is 35.2. The van der Waals surface area contributed by atoms with E-state index in [1.54, 1.807) is 11.0 Å². The fraction of sp³-hybridized carbons (Fsp3) is 0.424. The summed E-state index contributed by atoms with van der Waals surface area (Å²) in [6.45, 7) is 7.55. The van der Waals surface area contributed by atoms with Crippen LogP contribution < -0.4 is 37.3 Å². The quantitative estimate of drug-likeness (QED) is 0.104. The number of hydrogen-bond acceptors (Lipinski definition) is 11. The van der Waals surface area contributed by atoms with Crippen molar-refractivity contribution in [1.82, 2.24) is 4.90 Å². The number of methoxy groups -OCH3 is 2. The summed E-state index contributed by atoms with van der Waals surface area (Å²) in [7, 11) is 2.78. The zero-order valence-corrected chi connectivity index (χ0v) is 27.0. The van der Waals surface area contributed by atoms with Crippen molar-refractivity contribution in [2.45, 2.75) is 39.2 Å². The van der Waals surface area contributed by atoms with Crippen molar-refractivity contribution in [3.05, 3.63) is 47.5 Å². The molecule has 1 aliphatic heterocycles. The number of hydrogen-bond donors (Lipinski definition) is 5. The van der Waals surface area contributed by atoms with Gasteiger partial charge in [0.15, 0.2) is 0 Å². The molecule has 3 rings (SSSR count). The lowest BCUT2D eigenvalue weighted by Crippen LogP contribution is -2.41. The Kier molecular flexibility index (Phi) is 12.4. The zero-order chi connectivity index (χ0) is 33.9. The van der Waals surface area contributed by atoms with Crippen molar-refractivity contribution in [2.75, 3.05) is 69.1 Å². The normalized spacial score (nSPS) is 13.4. The molecule has 1 saturated heterocycles. The first-order chi connectivity index (χ1) is 21.8. The van der Waals surface area contributed by atoms with Crippen LogP contribution in [-0.4, -0.2) is 75.5 Å². The molecule has 1 fully saturated rings. The summed E-state index contributed by atoms with van der Waals surface area (Å²) in [6, 6.07) is 6.08. The fourth-order valence-electron chi connectivity index (χ4n) is 4.63. The highest BCUT2D eigenvalue weighted by Crippen LogP contribution is 2.34. The predicted octanol–water partition coefficient (Wildman–Crippen LogP) is 3.85. The smallest absolute Gasteiger partial charge is 0.410 e. The van der Waals surface area contributed by atoms with Gasteiger partial charge >= 0.3 is 12.1 Å². The van der Waals surface area contributed by atoms with Crippen molar-refractivity contribution in [1.29, 1.82) is 0 Å². The second-order valence-electron chi connectivity index (χ2n) is 11.5. The molecule has 0 bridgehead atoms. The molecule has 0 radical (unpaired) electrons. The highest BCUT2D eigenvalue weighted by Gasteiger charge is 2.26. The molecule has 13 heteroatoms. The predicted molar refractivity (Wildman–Crippen MR) is 178 cm³/mol. The van der Waals surface area contributed by atoms with Crippen LogP contribution in [0, 0.1) is 17.8 Å². The molecule has 248 valence electrons. The second-order valence-corrected chi connectivity index (χ2v) is 11.5. The van der Waals surface area contributed by atoms with Crippen LogP contribution in [0.5, 0.6) is 11.5 Å². The minimum atomic E-state index is -0.633. The maximum absolute atomic E-state index is 12.3. The standard InChI is InChI=1S/C33H44N6O7/c1-33(2,3)46-32(42)39-14-10-21(11-15-39)9-8-16-45-27-19-22(30(36)40)17-24(34)29(27)38-13-7-6-12-37-28-25(35)18-23(31(41)44-5)20-26(28)43-4/h6-7,17-21,37-38H,10-16,34-35H2,1-5H3,(H2,36,40)/b7-6+. The molecule has 2 aromatic rings. The van der Waals surface area contributed by atoms with E-state index in [1.165, 1.54) is 32.4 Å². The maximum atomic E-state index is 12.3. The van der Waals surface area contributed by atoms with Gasteiger partial charge in [-0.25, -0.2) is 9.59 Å². The van der Waals surface area contributed by atoms with Gasteiger partial charge in [0.1, 0.15) is 35.1 Å². The van der Waals surface area contributed by atoms with Crippen molar-refractivity contribution < 1.29 is 33.3 Å². The number of esters is 1. The minimum absolute atomic E-state index is 0.0698. The van der Waals surface area contributed by atoms with Gasteiger partial charge in [0.05, 0.1) is 31.2 Å². The lowest BCUT2D eigenvalue weighted by atomic mass is 9.98. The average molecular weight is 637 g/mol. The van der Waals surface area contributed by atoms with Gasteiger partial charge in [-0.1, -0.05) is 24.0 Å². The number of nitrogens with zero attached hydrogens (tertiary/aromatic N) is 1. The fourth-order valence-corrected chi connectivity index (χ4v) is 4.63. The monoisotopic (exact) mass is 636 g/mol. The van der Waals surface area contributed by atoms with Gasteiger partial charge in [0.2, 0.25) is 5.91 Å². The van der Waals surface area contributed by atoms with Crippen LogP contribution in [0.15, 0.2) is 36.4 Å². The first-order valence-corrected chi connectivity index (χ1v) is 14.8. The molecule has 46 heavy (non-hydrogen) atoms. The van der Waals surface area contributed by atoms with Crippen LogP contribution in [-0.2, 0) is 9.47 Å². The Morgan fingerprint density at radius 3 is 2.04 bits per heavy atom. The molecule has 0 spiro atoms. The molecule has 13 nitrogen and oxygen atoms in total. The highest BCUT2D eigenvalue weighted by atomic mass is 16.6. The van der Waals surface area contributed by atoms with Gasteiger partial charge < -0.3 is 51.7 Å². The summed E-state index contributed by atoms with van der Waals surface area (Å²) in [5.41, 5.74) is 19.5. The number of ether oxygens (including phenoxy) is 4.